The first kappa shape index (κ1) is 18.4. The van der Waals surface area contributed by atoms with Gasteiger partial charge in [0.2, 0.25) is 0 Å². The highest BCUT2D eigenvalue weighted by atomic mass is 16.5. The maximum atomic E-state index is 13.3. The number of fused-ring (bicyclic) bond motifs is 1. The number of benzene rings is 2. The van der Waals surface area contributed by atoms with E-state index in [2.05, 4.69) is 0 Å². The molecule has 2 aromatic rings. The lowest BCUT2D eigenvalue weighted by Crippen LogP contribution is -2.45. The van der Waals surface area contributed by atoms with E-state index in [1.54, 1.807) is 53.4 Å². The molecular formula is C22H21NO5. The summed E-state index contributed by atoms with van der Waals surface area (Å²) < 4.78 is 5.46. The minimum Gasteiger partial charge on any atom is -0.481 e. The maximum Gasteiger partial charge on any atom is 0.311 e. The number of amides is 1. The third-order valence-electron chi connectivity index (χ3n) is 5.86. The molecule has 0 spiro atoms. The molecule has 2 aliphatic rings. The van der Waals surface area contributed by atoms with Gasteiger partial charge in [0.15, 0.2) is 5.78 Å². The second-order valence-corrected chi connectivity index (χ2v) is 7.41. The third kappa shape index (κ3) is 2.99. The van der Waals surface area contributed by atoms with Gasteiger partial charge in [-0.2, -0.15) is 0 Å². The molecule has 0 aliphatic carbocycles. The predicted octanol–water partition coefficient (Wildman–Crippen LogP) is 2.48. The van der Waals surface area contributed by atoms with Gasteiger partial charge >= 0.3 is 5.97 Å². The molecule has 2 fully saturated rings. The van der Waals surface area contributed by atoms with Crippen molar-refractivity contribution in [3.63, 3.8) is 0 Å². The number of nitrogens with zero attached hydrogens (tertiary/aromatic N) is 1. The van der Waals surface area contributed by atoms with Crippen LogP contribution in [0.25, 0.3) is 0 Å². The minimum absolute atomic E-state index is 0.142. The summed E-state index contributed by atoms with van der Waals surface area (Å²) >= 11 is 0. The zero-order valence-corrected chi connectivity index (χ0v) is 15.3. The molecule has 1 N–H and O–H groups in total. The molecule has 0 bridgehead atoms. The number of ether oxygens (including phenoxy) is 1. The summed E-state index contributed by atoms with van der Waals surface area (Å²) in [5.41, 5.74) is 0.172. The Morgan fingerprint density at radius 2 is 1.68 bits per heavy atom. The van der Waals surface area contributed by atoms with Gasteiger partial charge in [0, 0.05) is 36.7 Å². The average Bonchev–Trinajstić information content (AvgIpc) is 3.14. The first-order valence-corrected chi connectivity index (χ1v) is 9.32. The molecule has 2 heterocycles. The first-order chi connectivity index (χ1) is 13.5. The fourth-order valence-electron chi connectivity index (χ4n) is 4.24. The van der Waals surface area contributed by atoms with Gasteiger partial charge in [-0.25, -0.2) is 0 Å². The van der Waals surface area contributed by atoms with Gasteiger partial charge in [0.25, 0.3) is 5.91 Å². The highest BCUT2D eigenvalue weighted by Crippen LogP contribution is 2.43. The maximum absolute atomic E-state index is 13.3. The normalized spacial score (nSPS) is 23.9. The fourth-order valence-corrected chi connectivity index (χ4v) is 4.24. The lowest BCUT2D eigenvalue weighted by Gasteiger charge is -2.33. The molecule has 0 unspecified atom stereocenters. The van der Waals surface area contributed by atoms with Gasteiger partial charge < -0.3 is 14.7 Å². The molecule has 144 valence electrons. The van der Waals surface area contributed by atoms with Gasteiger partial charge in [-0.1, -0.05) is 48.5 Å². The number of carboxylic acids is 1. The highest BCUT2D eigenvalue weighted by molar-refractivity contribution is 6.15. The summed E-state index contributed by atoms with van der Waals surface area (Å²) in [4.78, 5) is 39.7. The molecule has 0 saturated carbocycles. The molecule has 0 aromatic heterocycles. The predicted molar refractivity (Wildman–Crippen MR) is 101 cm³/mol. The summed E-state index contributed by atoms with van der Waals surface area (Å²) in [7, 11) is 0. The molecule has 0 radical (unpaired) electrons. The van der Waals surface area contributed by atoms with E-state index < -0.39 is 11.4 Å². The molecule has 6 nitrogen and oxygen atoms in total. The quantitative estimate of drug-likeness (QED) is 0.825. The Bertz CT molecular complexity index is 926. The van der Waals surface area contributed by atoms with Crippen LogP contribution in [-0.4, -0.2) is 54.0 Å². The van der Waals surface area contributed by atoms with E-state index >= 15 is 0 Å². The van der Waals surface area contributed by atoms with Crippen LogP contribution in [0, 0.1) is 11.3 Å². The summed E-state index contributed by atoms with van der Waals surface area (Å²) in [5.74, 6) is -1.66. The Hall–Kier alpha value is -2.99. The largest absolute Gasteiger partial charge is 0.481 e. The van der Waals surface area contributed by atoms with Gasteiger partial charge in [-0.3, -0.25) is 14.4 Å². The summed E-state index contributed by atoms with van der Waals surface area (Å²) in [6, 6.07) is 15.5. The minimum atomic E-state index is -0.966. The number of rotatable bonds is 4. The number of hydrogen-bond acceptors (Lipinski definition) is 4. The number of carbonyl (C=O) groups is 3. The van der Waals surface area contributed by atoms with Crippen molar-refractivity contribution in [3.8, 4) is 0 Å². The molecule has 6 heteroatoms. The Balaban J connectivity index is 1.65. The van der Waals surface area contributed by atoms with Crippen LogP contribution < -0.4 is 0 Å². The van der Waals surface area contributed by atoms with E-state index in [1.807, 2.05) is 6.07 Å². The number of aliphatic carboxylic acids is 1. The Kier molecular flexibility index (Phi) is 4.73. The van der Waals surface area contributed by atoms with Crippen LogP contribution >= 0.6 is 0 Å². The van der Waals surface area contributed by atoms with Crippen LogP contribution in [0.2, 0.25) is 0 Å². The molecule has 2 aliphatic heterocycles. The number of carbonyl (C=O) groups excluding carboxylic acids is 2. The van der Waals surface area contributed by atoms with Gasteiger partial charge in [0.1, 0.15) is 0 Å². The Labute approximate surface area is 162 Å². The van der Waals surface area contributed by atoms with Crippen molar-refractivity contribution in [1.29, 1.82) is 0 Å². The van der Waals surface area contributed by atoms with Crippen LogP contribution in [0.4, 0.5) is 0 Å². The molecular weight excluding hydrogens is 358 g/mol. The van der Waals surface area contributed by atoms with Crippen molar-refractivity contribution < 1.29 is 24.2 Å². The van der Waals surface area contributed by atoms with E-state index in [0.29, 0.717) is 42.9 Å². The number of hydrogen-bond donors (Lipinski definition) is 1. The third-order valence-corrected chi connectivity index (χ3v) is 5.86. The van der Waals surface area contributed by atoms with Crippen molar-refractivity contribution >= 4 is 17.7 Å². The van der Waals surface area contributed by atoms with Crippen LogP contribution in [0.5, 0.6) is 0 Å². The highest BCUT2D eigenvalue weighted by Gasteiger charge is 2.55. The summed E-state index contributed by atoms with van der Waals surface area (Å²) in [6.07, 6.45) is 0.390. The lowest BCUT2D eigenvalue weighted by atomic mass is 9.74. The first-order valence-electron chi connectivity index (χ1n) is 9.32. The SMILES string of the molecule is O=C(c1ccccc1)c1ccccc1C(=O)N1C[C@H]2COCC[C@@]2(C(=O)O)C1. The van der Waals surface area contributed by atoms with E-state index in [1.165, 1.54) is 0 Å². The van der Waals surface area contributed by atoms with E-state index in [0.717, 1.165) is 0 Å². The van der Waals surface area contributed by atoms with Crippen molar-refractivity contribution in [2.45, 2.75) is 6.42 Å². The van der Waals surface area contributed by atoms with Crippen molar-refractivity contribution in [2.24, 2.45) is 11.3 Å². The van der Waals surface area contributed by atoms with E-state index in [9.17, 15) is 19.5 Å². The second kappa shape index (κ2) is 7.20. The Morgan fingerprint density at radius 3 is 2.36 bits per heavy atom. The fraction of sp³-hybridized carbons (Fsp3) is 0.318. The standard InChI is InChI=1S/C22H21NO5/c24-19(15-6-2-1-3-7-15)17-8-4-5-9-18(17)20(25)23-12-16-13-28-11-10-22(16,14-23)21(26)27/h1-9,16H,10-14H2,(H,26,27)/t16-,22+/m0/s1. The zero-order chi connectivity index (χ0) is 19.7. The molecule has 2 aromatic carbocycles. The van der Waals surface area contributed by atoms with Crippen LogP contribution in [0.15, 0.2) is 54.6 Å². The zero-order valence-electron chi connectivity index (χ0n) is 15.3. The van der Waals surface area contributed by atoms with Gasteiger partial charge in [-0.05, 0) is 12.5 Å². The molecule has 1 amide bonds. The van der Waals surface area contributed by atoms with E-state index in [4.69, 9.17) is 4.74 Å². The smallest absolute Gasteiger partial charge is 0.311 e. The van der Waals surface area contributed by atoms with Crippen molar-refractivity contribution in [3.05, 3.63) is 71.3 Å². The monoisotopic (exact) mass is 379 g/mol. The number of ketones is 1. The van der Waals surface area contributed by atoms with Crippen LogP contribution in [0.3, 0.4) is 0 Å². The van der Waals surface area contributed by atoms with E-state index in [-0.39, 0.29) is 24.2 Å². The van der Waals surface area contributed by atoms with Crippen molar-refractivity contribution in [2.75, 3.05) is 26.3 Å². The average molecular weight is 379 g/mol. The van der Waals surface area contributed by atoms with Gasteiger partial charge in [0.05, 0.1) is 17.6 Å². The lowest BCUT2D eigenvalue weighted by molar-refractivity contribution is -0.157. The topological polar surface area (TPSA) is 83.9 Å². The Morgan fingerprint density at radius 1 is 1.00 bits per heavy atom. The summed E-state index contributed by atoms with van der Waals surface area (Å²) in [6.45, 7) is 1.18. The van der Waals surface area contributed by atoms with Gasteiger partial charge in [-0.15, -0.1) is 0 Å². The number of likely N-dealkylation sites (tertiary alicyclic amines) is 1. The van der Waals surface area contributed by atoms with Crippen LogP contribution in [0.1, 0.15) is 32.7 Å². The van der Waals surface area contributed by atoms with Crippen LogP contribution in [-0.2, 0) is 9.53 Å². The summed E-state index contributed by atoms with van der Waals surface area (Å²) in [5, 5.41) is 9.81. The molecule has 4 rings (SSSR count). The molecule has 2 saturated heterocycles. The van der Waals surface area contributed by atoms with Crippen molar-refractivity contribution in [1.82, 2.24) is 4.90 Å². The second-order valence-electron chi connectivity index (χ2n) is 7.41. The molecule has 28 heavy (non-hydrogen) atoms. The molecule has 2 atom stereocenters. The number of carboxylic acid groups (broad SMARTS) is 1.